The molecule has 0 radical (unpaired) electrons. The van der Waals surface area contributed by atoms with Crippen LogP contribution in [-0.2, 0) is 0 Å². The van der Waals surface area contributed by atoms with Crippen molar-refractivity contribution in [3.63, 3.8) is 0 Å². The standard InChI is InChI=1S/C8H17F/c1-4-5-6-8(9)7(2)3/h7-8H,4-6H2,1-3H3. The molecule has 1 heteroatoms. The van der Waals surface area contributed by atoms with E-state index >= 15 is 0 Å². The monoisotopic (exact) mass is 132 g/mol. The molecule has 0 heterocycles. The molecule has 0 aromatic rings. The van der Waals surface area contributed by atoms with Gasteiger partial charge in [-0.25, -0.2) is 4.39 Å². The Morgan fingerprint density at radius 2 is 1.89 bits per heavy atom. The van der Waals surface area contributed by atoms with Gasteiger partial charge in [-0.15, -0.1) is 0 Å². The molecule has 1 unspecified atom stereocenters. The highest BCUT2D eigenvalue weighted by molar-refractivity contribution is 4.59. The van der Waals surface area contributed by atoms with Gasteiger partial charge in [0.2, 0.25) is 0 Å². The van der Waals surface area contributed by atoms with Crippen LogP contribution in [0.15, 0.2) is 0 Å². The fraction of sp³-hybridized carbons (Fsp3) is 1.00. The van der Waals surface area contributed by atoms with Crippen LogP contribution in [0.1, 0.15) is 40.0 Å². The summed E-state index contributed by atoms with van der Waals surface area (Å²) in [7, 11) is 0. The summed E-state index contributed by atoms with van der Waals surface area (Å²) in [5, 5.41) is 0. The van der Waals surface area contributed by atoms with Gasteiger partial charge < -0.3 is 0 Å². The maximum absolute atomic E-state index is 12.7. The number of rotatable bonds is 4. The Labute approximate surface area is 57.5 Å². The van der Waals surface area contributed by atoms with Gasteiger partial charge in [0.05, 0.1) is 0 Å². The van der Waals surface area contributed by atoms with E-state index in [0.717, 1.165) is 19.3 Å². The summed E-state index contributed by atoms with van der Waals surface area (Å²) in [6, 6.07) is 0. The fourth-order valence-electron chi connectivity index (χ4n) is 0.732. The molecule has 0 bridgehead atoms. The Morgan fingerprint density at radius 3 is 2.22 bits per heavy atom. The van der Waals surface area contributed by atoms with E-state index in [0.29, 0.717) is 0 Å². The van der Waals surface area contributed by atoms with Gasteiger partial charge >= 0.3 is 0 Å². The predicted molar refractivity (Wildman–Crippen MR) is 39.3 cm³/mol. The molecule has 9 heavy (non-hydrogen) atoms. The highest BCUT2D eigenvalue weighted by atomic mass is 19.1. The quantitative estimate of drug-likeness (QED) is 0.551. The Kier molecular flexibility index (Phi) is 4.74. The van der Waals surface area contributed by atoms with Crippen LogP contribution in [-0.4, -0.2) is 6.17 Å². The second-order valence-corrected chi connectivity index (χ2v) is 2.90. The van der Waals surface area contributed by atoms with Crippen LogP contribution in [0.3, 0.4) is 0 Å². The summed E-state index contributed by atoms with van der Waals surface area (Å²) in [5.74, 6) is 0.205. The van der Waals surface area contributed by atoms with Crippen molar-refractivity contribution in [3.8, 4) is 0 Å². The molecule has 0 aliphatic carbocycles. The molecule has 0 fully saturated rings. The van der Waals surface area contributed by atoms with E-state index < -0.39 is 6.17 Å². The normalized spacial score (nSPS) is 14.3. The summed E-state index contributed by atoms with van der Waals surface area (Å²) >= 11 is 0. The SMILES string of the molecule is CCCCC(F)C(C)C. The van der Waals surface area contributed by atoms with Crippen molar-refractivity contribution in [2.24, 2.45) is 5.92 Å². The topological polar surface area (TPSA) is 0 Å². The summed E-state index contributed by atoms with van der Waals surface area (Å²) in [6.07, 6.45) is 2.30. The zero-order chi connectivity index (χ0) is 7.28. The van der Waals surface area contributed by atoms with Crippen molar-refractivity contribution in [2.45, 2.75) is 46.2 Å². The third kappa shape index (κ3) is 4.43. The molecule has 0 aliphatic heterocycles. The van der Waals surface area contributed by atoms with E-state index in [4.69, 9.17) is 0 Å². The minimum Gasteiger partial charge on any atom is -0.247 e. The second kappa shape index (κ2) is 4.78. The first-order chi connectivity index (χ1) is 4.18. The van der Waals surface area contributed by atoms with E-state index in [1.54, 1.807) is 0 Å². The molecule has 0 nitrogen and oxygen atoms in total. The Bertz CT molecular complexity index is 59.6. The zero-order valence-electron chi connectivity index (χ0n) is 6.65. The van der Waals surface area contributed by atoms with Crippen molar-refractivity contribution in [1.29, 1.82) is 0 Å². The highest BCUT2D eigenvalue weighted by Gasteiger charge is 2.09. The zero-order valence-corrected chi connectivity index (χ0v) is 6.65. The van der Waals surface area contributed by atoms with Gasteiger partial charge in [0.15, 0.2) is 0 Å². The Morgan fingerprint density at radius 1 is 1.33 bits per heavy atom. The molecule has 0 spiro atoms. The van der Waals surface area contributed by atoms with Crippen molar-refractivity contribution in [2.75, 3.05) is 0 Å². The highest BCUT2D eigenvalue weighted by Crippen LogP contribution is 2.12. The van der Waals surface area contributed by atoms with Gasteiger partial charge in [0, 0.05) is 0 Å². The molecule has 0 N–H and O–H groups in total. The molecule has 0 saturated carbocycles. The summed E-state index contributed by atoms with van der Waals surface area (Å²) in [6.45, 7) is 5.95. The Hall–Kier alpha value is -0.0700. The maximum atomic E-state index is 12.7. The number of halogens is 1. The molecular formula is C8H17F. The van der Waals surface area contributed by atoms with E-state index in [2.05, 4.69) is 6.92 Å². The second-order valence-electron chi connectivity index (χ2n) is 2.90. The van der Waals surface area contributed by atoms with Crippen molar-refractivity contribution >= 4 is 0 Å². The van der Waals surface area contributed by atoms with Gasteiger partial charge in [-0.1, -0.05) is 33.6 Å². The summed E-state index contributed by atoms with van der Waals surface area (Å²) in [4.78, 5) is 0. The van der Waals surface area contributed by atoms with Crippen molar-refractivity contribution in [3.05, 3.63) is 0 Å². The van der Waals surface area contributed by atoms with E-state index in [9.17, 15) is 4.39 Å². The third-order valence-electron chi connectivity index (χ3n) is 1.56. The lowest BCUT2D eigenvalue weighted by atomic mass is 10.0. The van der Waals surface area contributed by atoms with Crippen LogP contribution in [0.5, 0.6) is 0 Å². The molecule has 56 valence electrons. The summed E-state index contributed by atoms with van der Waals surface area (Å²) in [5.41, 5.74) is 0. The lowest BCUT2D eigenvalue weighted by Gasteiger charge is -2.09. The molecule has 0 aliphatic rings. The number of hydrogen-bond donors (Lipinski definition) is 0. The average molecular weight is 132 g/mol. The van der Waals surface area contributed by atoms with Gasteiger partial charge in [-0.2, -0.15) is 0 Å². The molecule has 1 atom stereocenters. The van der Waals surface area contributed by atoms with E-state index in [-0.39, 0.29) is 5.92 Å². The third-order valence-corrected chi connectivity index (χ3v) is 1.56. The lowest BCUT2D eigenvalue weighted by molar-refractivity contribution is 0.235. The van der Waals surface area contributed by atoms with E-state index in [1.807, 2.05) is 13.8 Å². The van der Waals surface area contributed by atoms with Crippen LogP contribution in [0.4, 0.5) is 4.39 Å². The lowest BCUT2D eigenvalue weighted by Crippen LogP contribution is -2.07. The summed E-state index contributed by atoms with van der Waals surface area (Å²) < 4.78 is 12.7. The van der Waals surface area contributed by atoms with Crippen molar-refractivity contribution < 1.29 is 4.39 Å². The maximum Gasteiger partial charge on any atom is 0.102 e. The first-order valence-corrected chi connectivity index (χ1v) is 3.82. The van der Waals surface area contributed by atoms with Crippen LogP contribution >= 0.6 is 0 Å². The van der Waals surface area contributed by atoms with E-state index in [1.165, 1.54) is 0 Å². The average Bonchev–Trinajstić information content (AvgIpc) is 1.82. The molecule has 0 aromatic heterocycles. The van der Waals surface area contributed by atoms with Gasteiger partial charge in [0.1, 0.15) is 6.17 Å². The molecule has 0 saturated heterocycles. The predicted octanol–water partition coefficient (Wildman–Crippen LogP) is 3.17. The molecule has 0 rings (SSSR count). The van der Waals surface area contributed by atoms with Gasteiger partial charge in [-0.05, 0) is 12.3 Å². The van der Waals surface area contributed by atoms with Crippen molar-refractivity contribution in [1.82, 2.24) is 0 Å². The van der Waals surface area contributed by atoms with Crippen LogP contribution in [0.2, 0.25) is 0 Å². The van der Waals surface area contributed by atoms with Crippen LogP contribution < -0.4 is 0 Å². The number of alkyl halides is 1. The van der Waals surface area contributed by atoms with Crippen LogP contribution in [0, 0.1) is 5.92 Å². The van der Waals surface area contributed by atoms with Crippen LogP contribution in [0.25, 0.3) is 0 Å². The molecule has 0 aromatic carbocycles. The molecule has 0 amide bonds. The fourth-order valence-corrected chi connectivity index (χ4v) is 0.732. The smallest absolute Gasteiger partial charge is 0.102 e. The van der Waals surface area contributed by atoms with Gasteiger partial charge in [-0.3, -0.25) is 0 Å². The number of unbranched alkanes of at least 4 members (excludes halogenated alkanes) is 1. The number of hydrogen-bond acceptors (Lipinski definition) is 0. The van der Waals surface area contributed by atoms with Gasteiger partial charge in [0.25, 0.3) is 0 Å². The molecular weight excluding hydrogens is 115 g/mol. The minimum absolute atomic E-state index is 0.205. The largest absolute Gasteiger partial charge is 0.247 e. The first kappa shape index (κ1) is 8.93. The Balaban J connectivity index is 3.16. The minimum atomic E-state index is -0.579. The first-order valence-electron chi connectivity index (χ1n) is 3.82.